The number of carboxylic acids is 1. The van der Waals surface area contributed by atoms with E-state index in [0.717, 1.165) is 24.8 Å². The van der Waals surface area contributed by atoms with Crippen molar-refractivity contribution in [1.82, 2.24) is 0 Å². The number of hydrogen-bond donors (Lipinski definition) is 2. The Hall–Kier alpha value is -1.51. The van der Waals surface area contributed by atoms with E-state index < -0.39 is 5.97 Å². The molecule has 2 N–H and O–H groups in total. The number of aliphatic carboxylic acids is 1. The van der Waals surface area contributed by atoms with Gasteiger partial charge in [-0.25, -0.2) is 0 Å². The molecule has 1 aromatic carbocycles. The zero-order valence-corrected chi connectivity index (χ0v) is 23.4. The fourth-order valence-corrected chi connectivity index (χ4v) is 4.47. The average Bonchev–Trinajstić information content (AvgIpc) is 2.85. The predicted octanol–water partition coefficient (Wildman–Crippen LogP) is 10.6. The molecule has 0 aliphatic heterocycles. The van der Waals surface area contributed by atoms with Gasteiger partial charge < -0.3 is 10.2 Å². The van der Waals surface area contributed by atoms with E-state index in [1.165, 1.54) is 122 Å². The number of carboxylic acid groups (broad SMARTS) is 1. The van der Waals surface area contributed by atoms with E-state index in [1.807, 2.05) is 18.2 Å². The van der Waals surface area contributed by atoms with Gasteiger partial charge in [0.25, 0.3) is 0 Å². The number of unbranched alkanes of at least 4 members (excludes halogenated alkanes) is 19. The summed E-state index contributed by atoms with van der Waals surface area (Å²) in [5.74, 6) is -0.203. The lowest BCUT2D eigenvalue weighted by Gasteiger charge is -2.03. The van der Waals surface area contributed by atoms with Crippen LogP contribution in [0.1, 0.15) is 161 Å². The molecule has 3 heteroatoms. The van der Waals surface area contributed by atoms with Crippen LogP contribution in [0.4, 0.5) is 0 Å². The Labute approximate surface area is 218 Å². The highest BCUT2D eigenvalue weighted by Crippen LogP contribution is 2.19. The number of para-hydroxylation sites is 1. The molecule has 0 spiro atoms. The van der Waals surface area contributed by atoms with Crippen LogP contribution in [0.3, 0.4) is 0 Å². The third-order valence-corrected chi connectivity index (χ3v) is 6.79. The van der Waals surface area contributed by atoms with Crippen molar-refractivity contribution < 1.29 is 15.0 Å². The van der Waals surface area contributed by atoms with Gasteiger partial charge in [0.2, 0.25) is 0 Å². The average molecular weight is 491 g/mol. The molecule has 0 bridgehead atoms. The van der Waals surface area contributed by atoms with Crippen molar-refractivity contribution in [3.63, 3.8) is 0 Å². The molecule has 0 aromatic heterocycles. The number of carbonyl (C=O) groups is 1. The highest BCUT2D eigenvalue weighted by molar-refractivity contribution is 5.66. The van der Waals surface area contributed by atoms with Gasteiger partial charge in [0.15, 0.2) is 0 Å². The van der Waals surface area contributed by atoms with Gasteiger partial charge in [0.05, 0.1) is 0 Å². The maximum atomic E-state index is 10.3. The Bertz CT molecular complexity index is 570. The van der Waals surface area contributed by atoms with Gasteiger partial charge in [0, 0.05) is 6.42 Å². The van der Waals surface area contributed by atoms with E-state index in [9.17, 15) is 9.90 Å². The minimum atomic E-state index is -0.653. The maximum absolute atomic E-state index is 10.3. The Morgan fingerprint density at radius 3 is 1.34 bits per heavy atom. The van der Waals surface area contributed by atoms with Crippen LogP contribution in [-0.2, 0) is 11.2 Å². The smallest absolute Gasteiger partial charge is 0.303 e. The molecule has 0 unspecified atom stereocenters. The summed E-state index contributed by atoms with van der Waals surface area (Å²) in [4.78, 5) is 10.3. The van der Waals surface area contributed by atoms with Crippen LogP contribution in [0.5, 0.6) is 5.75 Å². The number of phenolic OH excluding ortho intramolecular Hbond substituents is 1. The van der Waals surface area contributed by atoms with Crippen LogP contribution in [0.2, 0.25) is 0 Å². The van der Waals surface area contributed by atoms with Crippen molar-refractivity contribution >= 4 is 5.97 Å². The van der Waals surface area contributed by atoms with Crippen LogP contribution >= 0.6 is 0 Å². The van der Waals surface area contributed by atoms with Gasteiger partial charge in [-0.15, -0.1) is 0 Å². The van der Waals surface area contributed by atoms with Gasteiger partial charge in [-0.1, -0.05) is 154 Å². The molecule has 0 atom stereocenters. The van der Waals surface area contributed by atoms with Gasteiger partial charge in [0.1, 0.15) is 5.75 Å². The molecule has 0 aliphatic carbocycles. The number of rotatable bonds is 23. The first-order chi connectivity index (χ1) is 17.1. The molecule has 1 rings (SSSR count). The fraction of sp³-hybridized carbons (Fsp3) is 0.781. The Kier molecular flexibility index (Phi) is 25.9. The maximum Gasteiger partial charge on any atom is 0.303 e. The van der Waals surface area contributed by atoms with E-state index in [0.29, 0.717) is 12.2 Å². The monoisotopic (exact) mass is 490 g/mol. The third-order valence-electron chi connectivity index (χ3n) is 6.79. The molecule has 0 radical (unpaired) electrons. The number of hydrogen-bond acceptors (Lipinski definition) is 2. The summed E-state index contributed by atoms with van der Waals surface area (Å²) in [7, 11) is 0. The van der Waals surface area contributed by atoms with Crippen LogP contribution in [0.15, 0.2) is 24.3 Å². The van der Waals surface area contributed by atoms with Gasteiger partial charge in [-0.2, -0.15) is 0 Å². The summed E-state index contributed by atoms with van der Waals surface area (Å²) in [6.07, 6.45) is 29.0. The predicted molar refractivity (Wildman–Crippen MR) is 152 cm³/mol. The minimum absolute atomic E-state index is 0.345. The summed E-state index contributed by atoms with van der Waals surface area (Å²) in [6, 6.07) is 7.65. The number of phenols is 1. The molecule has 35 heavy (non-hydrogen) atoms. The molecule has 0 amide bonds. The van der Waals surface area contributed by atoms with E-state index in [1.54, 1.807) is 6.07 Å². The quantitative estimate of drug-likeness (QED) is 0.150. The highest BCUT2D eigenvalue weighted by atomic mass is 16.4. The van der Waals surface area contributed by atoms with Crippen molar-refractivity contribution in [2.24, 2.45) is 0 Å². The topological polar surface area (TPSA) is 57.5 Å². The lowest BCUT2D eigenvalue weighted by molar-refractivity contribution is -0.137. The highest BCUT2D eigenvalue weighted by Gasteiger charge is 1.99. The SMILES string of the molecule is CCCCCCCCCCCCCCCCCC(=O)O.CCCCCCCCc1ccccc1O. The molecule has 0 aliphatic rings. The zero-order chi connectivity index (χ0) is 25.8. The molecular weight excluding hydrogens is 432 g/mol. The van der Waals surface area contributed by atoms with E-state index >= 15 is 0 Å². The lowest BCUT2D eigenvalue weighted by atomic mass is 10.0. The molecule has 3 nitrogen and oxygen atoms in total. The first-order valence-electron chi connectivity index (χ1n) is 15.1. The number of aryl methyl sites for hydroxylation is 1. The summed E-state index contributed by atoms with van der Waals surface area (Å²) < 4.78 is 0. The molecule has 1 aromatic rings. The zero-order valence-electron chi connectivity index (χ0n) is 23.4. The van der Waals surface area contributed by atoms with Crippen LogP contribution in [0, 0.1) is 0 Å². The van der Waals surface area contributed by atoms with Gasteiger partial charge in [-0.05, 0) is 30.9 Å². The Morgan fingerprint density at radius 2 is 0.943 bits per heavy atom. The summed E-state index contributed by atoms with van der Waals surface area (Å²) >= 11 is 0. The van der Waals surface area contributed by atoms with Gasteiger partial charge >= 0.3 is 5.97 Å². The lowest BCUT2D eigenvalue weighted by Crippen LogP contribution is -1.93. The number of aromatic hydroxyl groups is 1. The van der Waals surface area contributed by atoms with E-state index in [2.05, 4.69) is 13.8 Å². The van der Waals surface area contributed by atoms with E-state index in [-0.39, 0.29) is 0 Å². The second kappa shape index (κ2) is 27.1. The molecule has 204 valence electrons. The normalized spacial score (nSPS) is 10.7. The first-order valence-corrected chi connectivity index (χ1v) is 15.1. The summed E-state index contributed by atoms with van der Waals surface area (Å²) in [5.41, 5.74) is 1.09. The largest absolute Gasteiger partial charge is 0.508 e. The third kappa shape index (κ3) is 25.4. The van der Waals surface area contributed by atoms with Crippen LogP contribution < -0.4 is 0 Å². The van der Waals surface area contributed by atoms with Crippen LogP contribution in [0.25, 0.3) is 0 Å². The second-order valence-electron chi connectivity index (χ2n) is 10.2. The molecule has 0 heterocycles. The van der Waals surface area contributed by atoms with Crippen molar-refractivity contribution in [2.75, 3.05) is 0 Å². The Balaban J connectivity index is 0.000000686. The second-order valence-corrected chi connectivity index (χ2v) is 10.2. The molecule has 0 saturated carbocycles. The van der Waals surface area contributed by atoms with Crippen LogP contribution in [-0.4, -0.2) is 16.2 Å². The standard InChI is InChI=1S/C18H36O2.C14H22O/c1-2-3-4-5-6-7-8-9-10-11-12-13-14-15-16-17-18(19)20;1-2-3-4-5-6-7-10-13-11-8-9-12-14(13)15/h2-17H2,1H3,(H,19,20);8-9,11-12,15H,2-7,10H2,1H3. The summed E-state index contributed by atoms with van der Waals surface area (Å²) in [5, 5.41) is 18.1. The molecular formula is C32H58O3. The first kappa shape index (κ1) is 33.5. The molecule has 0 saturated heterocycles. The number of benzene rings is 1. The van der Waals surface area contributed by atoms with Crippen molar-refractivity contribution in [3.8, 4) is 5.75 Å². The van der Waals surface area contributed by atoms with Crippen molar-refractivity contribution in [3.05, 3.63) is 29.8 Å². The van der Waals surface area contributed by atoms with E-state index in [4.69, 9.17) is 5.11 Å². The molecule has 0 fully saturated rings. The fourth-order valence-electron chi connectivity index (χ4n) is 4.47. The van der Waals surface area contributed by atoms with Crippen molar-refractivity contribution in [1.29, 1.82) is 0 Å². The minimum Gasteiger partial charge on any atom is -0.508 e. The Morgan fingerprint density at radius 1 is 0.571 bits per heavy atom. The summed E-state index contributed by atoms with van der Waals surface area (Å²) in [6.45, 7) is 4.51. The van der Waals surface area contributed by atoms with Crippen molar-refractivity contribution in [2.45, 2.75) is 162 Å². The van der Waals surface area contributed by atoms with Gasteiger partial charge in [-0.3, -0.25) is 4.79 Å².